The molecule has 6 nitrogen and oxygen atoms in total. The van der Waals surface area contributed by atoms with Crippen molar-refractivity contribution in [1.82, 2.24) is 5.32 Å². The summed E-state index contributed by atoms with van der Waals surface area (Å²) in [5.74, 6) is -0.922. The lowest BCUT2D eigenvalue weighted by Crippen LogP contribution is -2.47. The van der Waals surface area contributed by atoms with Crippen LogP contribution < -0.4 is 10.7 Å². The molecule has 0 atom stereocenters. The maximum Gasteiger partial charge on any atom is 0.311 e. The molecule has 1 heterocycles. The lowest BCUT2D eigenvalue weighted by molar-refractivity contribution is -0.153. The zero-order valence-corrected chi connectivity index (χ0v) is 16.0. The van der Waals surface area contributed by atoms with Gasteiger partial charge in [0.05, 0.1) is 16.4 Å². The number of nitrogens with one attached hydrogen (secondary N) is 1. The summed E-state index contributed by atoms with van der Waals surface area (Å²) in [6, 6.07) is 14.1. The molecule has 1 aliphatic rings. The number of hydrogen-bond acceptors (Lipinski definition) is 4. The van der Waals surface area contributed by atoms with E-state index in [-0.39, 0.29) is 23.1 Å². The molecular weight excluding hydrogens is 370 g/mol. The number of aliphatic carboxylic acids is 1. The van der Waals surface area contributed by atoms with Crippen molar-refractivity contribution in [2.24, 2.45) is 5.41 Å². The Balaban J connectivity index is 1.75. The number of hydrogen-bond donors (Lipinski definition) is 2. The standard InChI is InChI=1S/C23H21NO5/c1-14-18(25)16-9-5-10-17(20(16)29-19(14)15-7-3-2-4-8-15)21(26)24-13-23(22(27)28)11-6-12-23/h2-5,7-10H,6,11-13H2,1H3,(H,24,26)(H,27,28). The highest BCUT2D eigenvalue weighted by molar-refractivity contribution is 6.05. The number of carbonyl (C=O) groups excluding carboxylic acids is 1. The highest BCUT2D eigenvalue weighted by atomic mass is 16.4. The zero-order chi connectivity index (χ0) is 20.6. The molecule has 3 aromatic rings. The van der Waals surface area contributed by atoms with Gasteiger partial charge in [0.2, 0.25) is 0 Å². The second-order valence-electron chi connectivity index (χ2n) is 7.56. The molecule has 0 radical (unpaired) electrons. The highest BCUT2D eigenvalue weighted by Gasteiger charge is 2.44. The van der Waals surface area contributed by atoms with Crippen molar-refractivity contribution in [1.29, 1.82) is 0 Å². The summed E-state index contributed by atoms with van der Waals surface area (Å²) in [5.41, 5.74) is 0.557. The Hall–Kier alpha value is -3.41. The van der Waals surface area contributed by atoms with Gasteiger partial charge in [0, 0.05) is 17.7 Å². The van der Waals surface area contributed by atoms with Gasteiger partial charge < -0.3 is 14.8 Å². The summed E-state index contributed by atoms with van der Waals surface area (Å²) < 4.78 is 6.05. The van der Waals surface area contributed by atoms with Crippen LogP contribution in [0.25, 0.3) is 22.3 Å². The van der Waals surface area contributed by atoms with Gasteiger partial charge in [-0.15, -0.1) is 0 Å². The van der Waals surface area contributed by atoms with Gasteiger partial charge in [-0.05, 0) is 31.9 Å². The van der Waals surface area contributed by atoms with E-state index >= 15 is 0 Å². The molecule has 29 heavy (non-hydrogen) atoms. The Labute approximate surface area is 167 Å². The largest absolute Gasteiger partial charge is 0.481 e. The van der Waals surface area contributed by atoms with Gasteiger partial charge in [-0.25, -0.2) is 0 Å². The number of benzene rings is 2. The van der Waals surface area contributed by atoms with Gasteiger partial charge in [0.1, 0.15) is 5.76 Å². The molecule has 0 bridgehead atoms. The minimum atomic E-state index is -0.896. The average Bonchev–Trinajstić information content (AvgIpc) is 2.69. The van der Waals surface area contributed by atoms with E-state index in [2.05, 4.69) is 5.32 Å². The number of carboxylic acids is 1. The topological polar surface area (TPSA) is 96.6 Å². The smallest absolute Gasteiger partial charge is 0.311 e. The Morgan fingerprint density at radius 1 is 1.10 bits per heavy atom. The first-order chi connectivity index (χ1) is 13.9. The molecule has 4 rings (SSSR count). The molecule has 1 aliphatic carbocycles. The lowest BCUT2D eigenvalue weighted by atomic mass is 9.69. The van der Waals surface area contributed by atoms with E-state index in [0.29, 0.717) is 29.6 Å². The monoisotopic (exact) mass is 391 g/mol. The van der Waals surface area contributed by atoms with Crippen LogP contribution in [0.3, 0.4) is 0 Å². The number of para-hydroxylation sites is 1. The molecule has 1 aromatic heterocycles. The van der Waals surface area contributed by atoms with E-state index in [1.165, 1.54) is 0 Å². The first kappa shape index (κ1) is 18.9. The quantitative estimate of drug-likeness (QED) is 0.690. The number of amides is 1. The fraction of sp³-hybridized carbons (Fsp3) is 0.261. The average molecular weight is 391 g/mol. The van der Waals surface area contributed by atoms with E-state index in [4.69, 9.17) is 4.42 Å². The Kier molecular flexibility index (Phi) is 4.70. The summed E-state index contributed by atoms with van der Waals surface area (Å²) in [4.78, 5) is 37.3. The molecule has 0 spiro atoms. The molecule has 2 N–H and O–H groups in total. The maximum absolute atomic E-state index is 12.9. The first-order valence-electron chi connectivity index (χ1n) is 9.56. The molecule has 6 heteroatoms. The number of rotatable bonds is 5. The third kappa shape index (κ3) is 3.20. The number of carboxylic acid groups (broad SMARTS) is 1. The van der Waals surface area contributed by atoms with Crippen molar-refractivity contribution in [2.45, 2.75) is 26.2 Å². The summed E-state index contributed by atoms with van der Waals surface area (Å²) in [6.45, 7) is 1.76. The van der Waals surface area contributed by atoms with Crippen molar-refractivity contribution >= 4 is 22.8 Å². The summed E-state index contributed by atoms with van der Waals surface area (Å²) in [6.07, 6.45) is 1.93. The van der Waals surface area contributed by atoms with E-state index < -0.39 is 17.3 Å². The van der Waals surface area contributed by atoms with E-state index in [1.54, 1.807) is 25.1 Å². The Morgan fingerprint density at radius 3 is 2.45 bits per heavy atom. The number of fused-ring (bicyclic) bond motifs is 1. The van der Waals surface area contributed by atoms with Crippen molar-refractivity contribution in [3.8, 4) is 11.3 Å². The molecule has 1 amide bonds. The van der Waals surface area contributed by atoms with Gasteiger partial charge in [-0.1, -0.05) is 42.8 Å². The fourth-order valence-corrected chi connectivity index (χ4v) is 3.77. The number of carbonyl (C=O) groups is 2. The maximum atomic E-state index is 12.9. The van der Waals surface area contributed by atoms with Crippen LogP contribution in [0.15, 0.2) is 57.7 Å². The van der Waals surface area contributed by atoms with Gasteiger partial charge in [0.15, 0.2) is 11.0 Å². The summed E-state index contributed by atoms with van der Waals surface area (Å²) in [5, 5.41) is 12.5. The van der Waals surface area contributed by atoms with E-state index in [1.807, 2.05) is 30.3 Å². The van der Waals surface area contributed by atoms with Gasteiger partial charge in [-0.2, -0.15) is 0 Å². The predicted molar refractivity (Wildman–Crippen MR) is 109 cm³/mol. The fourth-order valence-electron chi connectivity index (χ4n) is 3.77. The van der Waals surface area contributed by atoms with Crippen molar-refractivity contribution in [2.75, 3.05) is 6.54 Å². The van der Waals surface area contributed by atoms with E-state index in [0.717, 1.165) is 12.0 Å². The summed E-state index contributed by atoms with van der Waals surface area (Å²) >= 11 is 0. The second kappa shape index (κ2) is 7.20. The minimum absolute atomic E-state index is 0.0548. The van der Waals surface area contributed by atoms with Crippen LogP contribution in [0.4, 0.5) is 0 Å². The second-order valence-corrected chi connectivity index (χ2v) is 7.56. The van der Waals surface area contributed by atoms with Gasteiger partial charge in [-0.3, -0.25) is 14.4 Å². The molecule has 148 valence electrons. The summed E-state index contributed by atoms with van der Waals surface area (Å²) in [7, 11) is 0. The van der Waals surface area contributed by atoms with Crippen LogP contribution in [-0.2, 0) is 4.79 Å². The molecule has 0 saturated heterocycles. The van der Waals surface area contributed by atoms with Crippen LogP contribution in [0.5, 0.6) is 0 Å². The SMILES string of the molecule is Cc1c(-c2ccccc2)oc2c(C(=O)NCC3(C(=O)O)CCC3)cccc2c1=O. The Bertz CT molecular complexity index is 1160. The minimum Gasteiger partial charge on any atom is -0.481 e. The first-order valence-corrected chi connectivity index (χ1v) is 9.56. The van der Waals surface area contributed by atoms with Crippen molar-refractivity contribution in [3.05, 3.63) is 69.9 Å². The normalized spacial score (nSPS) is 14.9. The van der Waals surface area contributed by atoms with Crippen LogP contribution >= 0.6 is 0 Å². The van der Waals surface area contributed by atoms with Gasteiger partial charge in [0.25, 0.3) is 5.91 Å². The van der Waals surface area contributed by atoms with Crippen molar-refractivity contribution in [3.63, 3.8) is 0 Å². The third-order valence-electron chi connectivity index (χ3n) is 5.78. The third-order valence-corrected chi connectivity index (χ3v) is 5.78. The van der Waals surface area contributed by atoms with Crippen molar-refractivity contribution < 1.29 is 19.1 Å². The molecule has 0 aliphatic heterocycles. The zero-order valence-electron chi connectivity index (χ0n) is 16.0. The van der Waals surface area contributed by atoms with Crippen LogP contribution in [0.2, 0.25) is 0 Å². The van der Waals surface area contributed by atoms with Crippen LogP contribution in [0, 0.1) is 12.3 Å². The van der Waals surface area contributed by atoms with E-state index in [9.17, 15) is 19.5 Å². The Morgan fingerprint density at radius 2 is 1.83 bits per heavy atom. The highest BCUT2D eigenvalue weighted by Crippen LogP contribution is 2.40. The molecule has 1 saturated carbocycles. The molecule has 2 aromatic carbocycles. The van der Waals surface area contributed by atoms with Gasteiger partial charge >= 0.3 is 5.97 Å². The van der Waals surface area contributed by atoms with Crippen LogP contribution in [-0.4, -0.2) is 23.5 Å². The predicted octanol–water partition coefficient (Wildman–Crippen LogP) is 3.75. The molecular formula is C23H21NO5. The molecule has 0 unspecified atom stereocenters. The van der Waals surface area contributed by atoms with Crippen LogP contribution in [0.1, 0.15) is 35.2 Å². The lowest BCUT2D eigenvalue weighted by Gasteiger charge is -2.37. The molecule has 1 fully saturated rings.